The third kappa shape index (κ3) is 3.21. The van der Waals surface area contributed by atoms with Crippen LogP contribution >= 0.6 is 23.2 Å². The van der Waals surface area contributed by atoms with E-state index in [0.717, 1.165) is 0 Å². The molecule has 0 aromatic heterocycles. The highest BCUT2D eigenvalue weighted by Crippen LogP contribution is 2.39. The van der Waals surface area contributed by atoms with Gasteiger partial charge in [-0.05, 0) is 30.2 Å². The Balaban J connectivity index is 2.06. The minimum atomic E-state index is -2.70. The molecular weight excluding hydrogens is 281 g/mol. The first-order valence-electron chi connectivity index (χ1n) is 5.72. The van der Waals surface area contributed by atoms with E-state index in [0.29, 0.717) is 15.6 Å². The fourth-order valence-electron chi connectivity index (χ4n) is 2.24. The Bertz CT molecular complexity index is 474. The number of benzene rings is 1. The lowest BCUT2D eigenvalue weighted by atomic mass is 9.96. The van der Waals surface area contributed by atoms with Crippen molar-refractivity contribution in [3.63, 3.8) is 0 Å². The molecule has 2 rings (SSSR count). The van der Waals surface area contributed by atoms with Gasteiger partial charge in [-0.2, -0.15) is 0 Å². The van der Waals surface area contributed by atoms with Crippen LogP contribution in [0.5, 0.6) is 0 Å². The Morgan fingerprint density at radius 2 is 2.11 bits per heavy atom. The number of carbonyl (C=O) groups excluding carboxylic acids is 1. The molecule has 1 aliphatic rings. The maximum atomic E-state index is 13.0. The normalized spacial score (nSPS) is 22.1. The quantitative estimate of drug-likeness (QED) is 0.799. The number of Topliss-reactive ketones (excluding diaryl/α,β-unsaturated/α-hetero) is 1. The standard InChI is InChI=1S/C13H12Cl2F2O/c14-10-1-2-11(15)9(5-10)6-12(18)8-3-4-13(16,17)7-8/h1-2,5,8H,3-4,6-7H2. The van der Waals surface area contributed by atoms with E-state index in [1.165, 1.54) is 0 Å². The zero-order valence-electron chi connectivity index (χ0n) is 9.56. The summed E-state index contributed by atoms with van der Waals surface area (Å²) in [6, 6.07) is 4.84. The monoisotopic (exact) mass is 292 g/mol. The third-order valence-electron chi connectivity index (χ3n) is 3.23. The van der Waals surface area contributed by atoms with E-state index in [4.69, 9.17) is 23.2 Å². The van der Waals surface area contributed by atoms with Crippen LogP contribution in [-0.4, -0.2) is 11.7 Å². The minimum Gasteiger partial charge on any atom is -0.299 e. The van der Waals surface area contributed by atoms with Crippen molar-refractivity contribution < 1.29 is 13.6 Å². The molecule has 1 fully saturated rings. The van der Waals surface area contributed by atoms with Crippen LogP contribution in [0.15, 0.2) is 18.2 Å². The van der Waals surface area contributed by atoms with Crippen LogP contribution in [0.3, 0.4) is 0 Å². The van der Waals surface area contributed by atoms with Gasteiger partial charge in [-0.15, -0.1) is 0 Å². The second kappa shape index (κ2) is 5.14. The first-order valence-corrected chi connectivity index (χ1v) is 6.47. The van der Waals surface area contributed by atoms with E-state index in [9.17, 15) is 13.6 Å². The fraction of sp³-hybridized carbons (Fsp3) is 0.462. The molecule has 0 aliphatic heterocycles. The summed E-state index contributed by atoms with van der Waals surface area (Å²) in [5.74, 6) is -3.44. The van der Waals surface area contributed by atoms with Crippen LogP contribution in [0.4, 0.5) is 8.78 Å². The van der Waals surface area contributed by atoms with E-state index < -0.39 is 11.8 Å². The zero-order chi connectivity index (χ0) is 13.3. The van der Waals surface area contributed by atoms with Crippen LogP contribution in [-0.2, 0) is 11.2 Å². The van der Waals surface area contributed by atoms with Crippen LogP contribution in [0.2, 0.25) is 10.0 Å². The molecule has 0 amide bonds. The summed E-state index contributed by atoms with van der Waals surface area (Å²) < 4.78 is 26.1. The van der Waals surface area contributed by atoms with Crippen LogP contribution in [0.1, 0.15) is 24.8 Å². The topological polar surface area (TPSA) is 17.1 Å². The molecule has 0 heterocycles. The van der Waals surface area contributed by atoms with Gasteiger partial charge in [-0.1, -0.05) is 23.2 Å². The second-order valence-electron chi connectivity index (χ2n) is 4.67. The molecule has 1 unspecified atom stereocenters. The SMILES string of the molecule is O=C(Cc1cc(Cl)ccc1Cl)C1CCC(F)(F)C1. The lowest BCUT2D eigenvalue weighted by molar-refractivity contribution is -0.123. The van der Waals surface area contributed by atoms with Crippen molar-refractivity contribution in [2.24, 2.45) is 5.92 Å². The number of hydrogen-bond donors (Lipinski definition) is 0. The molecule has 1 aromatic carbocycles. The van der Waals surface area contributed by atoms with Gasteiger partial charge in [0.2, 0.25) is 5.92 Å². The van der Waals surface area contributed by atoms with Crippen molar-refractivity contribution in [2.45, 2.75) is 31.6 Å². The van der Waals surface area contributed by atoms with Crippen molar-refractivity contribution in [1.29, 1.82) is 0 Å². The highest BCUT2D eigenvalue weighted by atomic mass is 35.5. The van der Waals surface area contributed by atoms with E-state index in [-0.39, 0.29) is 31.5 Å². The molecule has 1 aromatic rings. The minimum absolute atomic E-state index is 0.0696. The Labute approximate surface area is 114 Å². The van der Waals surface area contributed by atoms with Crippen molar-refractivity contribution in [2.75, 3.05) is 0 Å². The summed E-state index contributed by atoms with van der Waals surface area (Å²) in [7, 11) is 0. The summed E-state index contributed by atoms with van der Waals surface area (Å²) in [5.41, 5.74) is 0.601. The van der Waals surface area contributed by atoms with E-state index >= 15 is 0 Å². The van der Waals surface area contributed by atoms with Gasteiger partial charge in [0.05, 0.1) is 0 Å². The average Bonchev–Trinajstić information content (AvgIpc) is 2.64. The fourth-order valence-corrected chi connectivity index (χ4v) is 2.61. The molecule has 0 bridgehead atoms. The molecule has 0 saturated heterocycles. The van der Waals surface area contributed by atoms with E-state index in [1.807, 2.05) is 0 Å². The Hall–Kier alpha value is -0.670. The Morgan fingerprint density at radius 3 is 2.72 bits per heavy atom. The highest BCUT2D eigenvalue weighted by molar-refractivity contribution is 6.33. The van der Waals surface area contributed by atoms with Gasteiger partial charge < -0.3 is 0 Å². The molecular formula is C13H12Cl2F2O. The molecule has 0 N–H and O–H groups in total. The van der Waals surface area contributed by atoms with Crippen LogP contribution in [0.25, 0.3) is 0 Å². The molecule has 18 heavy (non-hydrogen) atoms. The van der Waals surface area contributed by atoms with Crippen molar-refractivity contribution >= 4 is 29.0 Å². The van der Waals surface area contributed by atoms with Crippen molar-refractivity contribution in [3.05, 3.63) is 33.8 Å². The van der Waals surface area contributed by atoms with E-state index in [1.54, 1.807) is 18.2 Å². The average molecular weight is 293 g/mol. The molecule has 1 saturated carbocycles. The Kier molecular flexibility index (Phi) is 3.93. The summed E-state index contributed by atoms with van der Waals surface area (Å²) >= 11 is 11.8. The third-order valence-corrected chi connectivity index (χ3v) is 3.84. The molecule has 98 valence electrons. The maximum Gasteiger partial charge on any atom is 0.248 e. The molecule has 0 radical (unpaired) electrons. The van der Waals surface area contributed by atoms with Gasteiger partial charge in [0, 0.05) is 35.2 Å². The van der Waals surface area contributed by atoms with Crippen molar-refractivity contribution in [1.82, 2.24) is 0 Å². The van der Waals surface area contributed by atoms with Gasteiger partial charge in [0.25, 0.3) is 0 Å². The molecule has 5 heteroatoms. The largest absolute Gasteiger partial charge is 0.299 e. The predicted molar refractivity (Wildman–Crippen MR) is 67.5 cm³/mol. The van der Waals surface area contributed by atoms with Crippen LogP contribution in [0, 0.1) is 5.92 Å². The number of hydrogen-bond acceptors (Lipinski definition) is 1. The number of carbonyl (C=O) groups is 1. The number of halogens is 4. The molecule has 1 aliphatic carbocycles. The molecule has 1 nitrogen and oxygen atoms in total. The van der Waals surface area contributed by atoms with Gasteiger partial charge in [-0.25, -0.2) is 8.78 Å². The van der Waals surface area contributed by atoms with Gasteiger partial charge in [0.15, 0.2) is 0 Å². The molecule has 1 atom stereocenters. The van der Waals surface area contributed by atoms with Crippen molar-refractivity contribution in [3.8, 4) is 0 Å². The summed E-state index contributed by atoms with van der Waals surface area (Å²) in [6.45, 7) is 0. The predicted octanol–water partition coefficient (Wildman–Crippen LogP) is 4.54. The summed E-state index contributed by atoms with van der Waals surface area (Å²) in [5, 5.41) is 0.927. The first kappa shape index (κ1) is 13.8. The number of ketones is 1. The first-order chi connectivity index (χ1) is 8.37. The summed E-state index contributed by atoms with van der Waals surface area (Å²) in [4.78, 5) is 11.9. The van der Waals surface area contributed by atoms with Gasteiger partial charge in [0.1, 0.15) is 5.78 Å². The van der Waals surface area contributed by atoms with Gasteiger partial charge in [-0.3, -0.25) is 4.79 Å². The lowest BCUT2D eigenvalue weighted by Gasteiger charge is -2.10. The van der Waals surface area contributed by atoms with Gasteiger partial charge >= 0.3 is 0 Å². The second-order valence-corrected chi connectivity index (χ2v) is 5.52. The highest BCUT2D eigenvalue weighted by Gasteiger charge is 2.42. The maximum absolute atomic E-state index is 13.0. The smallest absolute Gasteiger partial charge is 0.248 e. The summed E-state index contributed by atoms with van der Waals surface area (Å²) in [6.07, 6.45) is -0.221. The van der Waals surface area contributed by atoms with E-state index in [2.05, 4.69) is 0 Å². The number of rotatable bonds is 3. The Morgan fingerprint density at radius 1 is 1.39 bits per heavy atom. The molecule has 0 spiro atoms. The van der Waals surface area contributed by atoms with Crippen LogP contribution < -0.4 is 0 Å². The zero-order valence-corrected chi connectivity index (χ0v) is 11.1. The lowest BCUT2D eigenvalue weighted by Crippen LogP contribution is -2.17. The number of alkyl halides is 2.